The Bertz CT molecular complexity index is 201. The maximum absolute atomic E-state index is 11.7. The van der Waals surface area contributed by atoms with E-state index in [1.165, 1.54) is 4.90 Å². The molecule has 0 unspecified atom stereocenters. The fourth-order valence-electron chi connectivity index (χ4n) is 1.25. The Kier molecular flexibility index (Phi) is 8.01. The van der Waals surface area contributed by atoms with Gasteiger partial charge < -0.3 is 14.7 Å². The average Bonchev–Trinajstić information content (AvgIpc) is 2.19. The fourth-order valence-corrected chi connectivity index (χ4v) is 1.25. The molecule has 0 aromatic rings. The topological polar surface area (TPSA) is 49.8 Å². The van der Waals surface area contributed by atoms with Crippen LogP contribution in [0.1, 0.15) is 20.3 Å². The minimum Gasteiger partial charge on any atom is -0.395 e. The van der Waals surface area contributed by atoms with E-state index in [1.807, 2.05) is 13.8 Å². The molecular weight excluding hydrogens is 220 g/mol. The first-order valence-corrected chi connectivity index (χ1v) is 5.25. The summed E-state index contributed by atoms with van der Waals surface area (Å²) in [5, 5.41) is 8.75. The molecule has 0 aliphatic heterocycles. The molecule has 0 aliphatic carbocycles. The molecule has 0 saturated carbocycles. The highest BCUT2D eigenvalue weighted by atomic mass is 19.3. The third-order valence-electron chi connectivity index (χ3n) is 1.99. The van der Waals surface area contributed by atoms with Gasteiger partial charge in [0.1, 0.15) is 6.61 Å². The lowest BCUT2D eigenvalue weighted by molar-refractivity contribution is -0.135. The van der Waals surface area contributed by atoms with Gasteiger partial charge >= 0.3 is 0 Å². The van der Waals surface area contributed by atoms with Crippen LogP contribution in [0.15, 0.2) is 0 Å². The van der Waals surface area contributed by atoms with Crippen molar-refractivity contribution in [1.82, 2.24) is 4.90 Å². The molecule has 0 bridgehead atoms. The molecule has 1 amide bonds. The van der Waals surface area contributed by atoms with E-state index in [0.29, 0.717) is 0 Å². The number of hydrogen-bond donors (Lipinski definition) is 1. The zero-order chi connectivity index (χ0) is 12.6. The van der Waals surface area contributed by atoms with Crippen LogP contribution in [0.2, 0.25) is 0 Å². The van der Waals surface area contributed by atoms with Crippen LogP contribution in [0.4, 0.5) is 8.78 Å². The minimum absolute atomic E-state index is 0.0160. The Hall–Kier alpha value is -0.750. The maximum Gasteiger partial charge on any atom is 0.261 e. The van der Waals surface area contributed by atoms with Crippen molar-refractivity contribution >= 4 is 5.91 Å². The molecule has 16 heavy (non-hydrogen) atoms. The predicted octanol–water partition coefficient (Wildman–Crippen LogP) is 0.887. The van der Waals surface area contributed by atoms with Gasteiger partial charge in [0.2, 0.25) is 5.91 Å². The van der Waals surface area contributed by atoms with Gasteiger partial charge in [0.15, 0.2) is 0 Å². The van der Waals surface area contributed by atoms with Crippen molar-refractivity contribution in [1.29, 1.82) is 0 Å². The van der Waals surface area contributed by atoms with Gasteiger partial charge in [0.05, 0.1) is 19.6 Å². The van der Waals surface area contributed by atoms with E-state index in [4.69, 9.17) is 5.11 Å². The van der Waals surface area contributed by atoms with Crippen molar-refractivity contribution < 1.29 is 23.4 Å². The van der Waals surface area contributed by atoms with Crippen molar-refractivity contribution in [2.75, 3.05) is 26.4 Å². The van der Waals surface area contributed by atoms with Crippen LogP contribution in [-0.4, -0.2) is 54.7 Å². The number of aliphatic hydroxyl groups is 1. The summed E-state index contributed by atoms with van der Waals surface area (Å²) in [5.74, 6) is -0.196. The van der Waals surface area contributed by atoms with E-state index in [1.54, 1.807) is 0 Å². The smallest absolute Gasteiger partial charge is 0.261 e. The molecule has 1 N–H and O–H groups in total. The van der Waals surface area contributed by atoms with E-state index in [0.717, 1.165) is 0 Å². The fraction of sp³-hybridized carbons (Fsp3) is 0.900. The van der Waals surface area contributed by atoms with Crippen molar-refractivity contribution in [2.24, 2.45) is 0 Å². The van der Waals surface area contributed by atoms with Gasteiger partial charge in [-0.15, -0.1) is 0 Å². The van der Waals surface area contributed by atoms with Crippen LogP contribution in [0.3, 0.4) is 0 Å². The van der Waals surface area contributed by atoms with Gasteiger partial charge in [-0.25, -0.2) is 8.78 Å². The molecule has 0 aliphatic rings. The number of nitrogens with zero attached hydrogens (tertiary/aromatic N) is 1. The summed E-state index contributed by atoms with van der Waals surface area (Å²) in [6.45, 7) is 3.14. The lowest BCUT2D eigenvalue weighted by Gasteiger charge is -2.25. The number of ether oxygens (including phenoxy) is 1. The molecule has 0 fully saturated rings. The van der Waals surface area contributed by atoms with Crippen LogP contribution in [0, 0.1) is 0 Å². The van der Waals surface area contributed by atoms with Gasteiger partial charge in [-0.2, -0.15) is 0 Å². The quantitative estimate of drug-likeness (QED) is 0.640. The van der Waals surface area contributed by atoms with Crippen molar-refractivity contribution in [3.8, 4) is 0 Å². The Morgan fingerprint density at radius 2 is 2.06 bits per heavy atom. The maximum atomic E-state index is 11.7. The summed E-state index contributed by atoms with van der Waals surface area (Å²) in [7, 11) is 0. The monoisotopic (exact) mass is 239 g/mol. The lowest BCUT2D eigenvalue weighted by Crippen LogP contribution is -2.39. The molecule has 0 aromatic carbocycles. The first kappa shape index (κ1) is 15.2. The number of carbonyl (C=O) groups excluding carboxylic acids is 1. The molecule has 0 atom stereocenters. The summed E-state index contributed by atoms with van der Waals surface area (Å²) in [6, 6.07) is -0.0188. The second kappa shape index (κ2) is 8.41. The van der Waals surface area contributed by atoms with Crippen LogP contribution in [0.5, 0.6) is 0 Å². The molecule has 0 rings (SSSR count). The molecular formula is C10H19F2NO3. The molecule has 0 saturated heterocycles. The number of aliphatic hydroxyl groups excluding tert-OH is 1. The van der Waals surface area contributed by atoms with E-state index < -0.39 is 13.0 Å². The highest BCUT2D eigenvalue weighted by Gasteiger charge is 2.15. The van der Waals surface area contributed by atoms with Crippen LogP contribution < -0.4 is 0 Å². The van der Waals surface area contributed by atoms with E-state index in [9.17, 15) is 13.6 Å². The highest BCUT2D eigenvalue weighted by molar-refractivity contribution is 5.76. The number of alkyl halides is 2. The second-order valence-electron chi connectivity index (χ2n) is 3.62. The molecule has 6 heteroatoms. The van der Waals surface area contributed by atoms with Gasteiger partial charge in [-0.3, -0.25) is 4.79 Å². The standard InChI is InChI=1S/C10H19F2NO3/c1-8(2)13(4-5-14)10(15)3-6-16-7-9(11)12/h8-9,14H,3-7H2,1-2H3. The van der Waals surface area contributed by atoms with Crippen LogP contribution >= 0.6 is 0 Å². The van der Waals surface area contributed by atoms with E-state index in [2.05, 4.69) is 4.74 Å². The average molecular weight is 239 g/mol. The Balaban J connectivity index is 3.83. The van der Waals surface area contributed by atoms with Gasteiger partial charge in [0, 0.05) is 12.6 Å². The van der Waals surface area contributed by atoms with Gasteiger partial charge in [-0.05, 0) is 13.8 Å². The van der Waals surface area contributed by atoms with Crippen molar-refractivity contribution in [3.05, 3.63) is 0 Å². The first-order chi connectivity index (χ1) is 7.49. The molecule has 0 spiro atoms. The Morgan fingerprint density at radius 1 is 1.44 bits per heavy atom. The summed E-state index contributed by atoms with van der Waals surface area (Å²) in [6.07, 6.45) is -2.45. The number of carbonyl (C=O) groups is 1. The normalized spacial score (nSPS) is 11.2. The molecule has 4 nitrogen and oxygen atoms in total. The van der Waals surface area contributed by atoms with E-state index in [-0.39, 0.29) is 38.1 Å². The van der Waals surface area contributed by atoms with Gasteiger partial charge in [-0.1, -0.05) is 0 Å². The molecule has 0 heterocycles. The van der Waals surface area contributed by atoms with E-state index >= 15 is 0 Å². The minimum atomic E-state index is -2.51. The predicted molar refractivity (Wildman–Crippen MR) is 55.4 cm³/mol. The lowest BCUT2D eigenvalue weighted by atomic mass is 10.3. The zero-order valence-electron chi connectivity index (χ0n) is 9.66. The largest absolute Gasteiger partial charge is 0.395 e. The number of hydrogen-bond acceptors (Lipinski definition) is 3. The highest BCUT2D eigenvalue weighted by Crippen LogP contribution is 2.02. The molecule has 0 aromatic heterocycles. The Morgan fingerprint density at radius 3 is 2.50 bits per heavy atom. The molecule has 0 radical (unpaired) electrons. The summed E-state index contributed by atoms with van der Waals surface area (Å²) >= 11 is 0. The number of halogens is 2. The summed E-state index contributed by atoms with van der Waals surface area (Å²) in [5.41, 5.74) is 0. The van der Waals surface area contributed by atoms with Crippen LogP contribution in [0.25, 0.3) is 0 Å². The first-order valence-electron chi connectivity index (χ1n) is 5.25. The van der Waals surface area contributed by atoms with Crippen molar-refractivity contribution in [3.63, 3.8) is 0 Å². The number of amides is 1. The zero-order valence-corrected chi connectivity index (χ0v) is 9.66. The van der Waals surface area contributed by atoms with Gasteiger partial charge in [0.25, 0.3) is 6.43 Å². The van der Waals surface area contributed by atoms with Crippen LogP contribution in [-0.2, 0) is 9.53 Å². The third-order valence-corrected chi connectivity index (χ3v) is 1.99. The third kappa shape index (κ3) is 6.68. The number of rotatable bonds is 8. The Labute approximate surface area is 94.2 Å². The van der Waals surface area contributed by atoms with Crippen molar-refractivity contribution in [2.45, 2.75) is 32.7 Å². The summed E-state index contributed by atoms with van der Waals surface area (Å²) < 4.78 is 28.0. The summed E-state index contributed by atoms with van der Waals surface area (Å²) in [4.78, 5) is 13.1. The SMILES string of the molecule is CC(C)N(CCO)C(=O)CCOCC(F)F. The molecule has 96 valence electrons. The second-order valence-corrected chi connectivity index (χ2v) is 3.62.